The minimum Gasteiger partial charge on any atom is -0.481 e. The summed E-state index contributed by atoms with van der Waals surface area (Å²) in [5.74, 6) is -6.17. The van der Waals surface area contributed by atoms with Gasteiger partial charge in [0.05, 0.1) is 28.9 Å². The molecule has 3 aromatic rings. The third-order valence-electron chi connectivity index (χ3n) is 7.08. The highest BCUT2D eigenvalue weighted by atomic mass is 35.5. The molecule has 1 fully saturated rings. The number of carboxylic acid groups (broad SMARTS) is 1. The fourth-order valence-electron chi connectivity index (χ4n) is 4.99. The number of amides is 3. The predicted molar refractivity (Wildman–Crippen MR) is 137 cm³/mol. The summed E-state index contributed by atoms with van der Waals surface area (Å²) in [4.78, 5) is 50.2. The van der Waals surface area contributed by atoms with Crippen molar-refractivity contribution in [2.24, 2.45) is 5.92 Å². The zero-order valence-corrected chi connectivity index (χ0v) is 21.9. The molecule has 9 nitrogen and oxygen atoms in total. The van der Waals surface area contributed by atoms with E-state index in [2.05, 4.69) is 16.0 Å². The lowest BCUT2D eigenvalue weighted by Crippen LogP contribution is -2.47. The highest BCUT2D eigenvalue weighted by Crippen LogP contribution is 2.38. The average molecular weight is 611 g/mol. The van der Waals surface area contributed by atoms with E-state index in [1.54, 1.807) is 0 Å². The van der Waals surface area contributed by atoms with Gasteiger partial charge in [0.15, 0.2) is 0 Å². The van der Waals surface area contributed by atoms with Crippen LogP contribution in [0, 0.1) is 17.6 Å². The number of carbonyl (C=O) groups excluding carboxylic acids is 3. The van der Waals surface area contributed by atoms with Crippen molar-refractivity contribution in [3.8, 4) is 0 Å². The summed E-state index contributed by atoms with van der Waals surface area (Å²) < 4.78 is 69.2. The Morgan fingerprint density at radius 3 is 2.38 bits per heavy atom. The maximum atomic E-state index is 14.2. The number of fused-ring (bicyclic) bond motifs is 1. The Morgan fingerprint density at radius 1 is 1.00 bits per heavy atom. The van der Waals surface area contributed by atoms with Crippen LogP contribution in [-0.4, -0.2) is 39.4 Å². The van der Waals surface area contributed by atoms with Crippen LogP contribution in [-0.2, 0) is 22.3 Å². The molecule has 3 amide bonds. The van der Waals surface area contributed by atoms with Gasteiger partial charge in [-0.3, -0.25) is 19.2 Å². The third-order valence-corrected chi connectivity index (χ3v) is 7.42. The van der Waals surface area contributed by atoms with E-state index < -0.39 is 77.2 Å². The van der Waals surface area contributed by atoms with Gasteiger partial charge in [-0.15, -0.1) is 0 Å². The van der Waals surface area contributed by atoms with Crippen molar-refractivity contribution in [1.29, 1.82) is 0 Å². The number of carbonyl (C=O) groups is 4. The van der Waals surface area contributed by atoms with E-state index >= 15 is 0 Å². The second-order valence-electron chi connectivity index (χ2n) is 9.94. The van der Waals surface area contributed by atoms with Gasteiger partial charge in [-0.05, 0) is 55.3 Å². The van der Waals surface area contributed by atoms with Crippen molar-refractivity contribution in [2.75, 3.05) is 5.32 Å². The monoisotopic (exact) mass is 610 g/mol. The molecule has 1 aromatic heterocycles. The molecule has 220 valence electrons. The number of carboxylic acids is 1. The molecule has 15 heteroatoms. The van der Waals surface area contributed by atoms with Crippen LogP contribution >= 0.6 is 11.6 Å². The van der Waals surface area contributed by atoms with Crippen LogP contribution in [0.2, 0.25) is 5.02 Å². The number of alkyl halides is 3. The average Bonchev–Trinajstić information content (AvgIpc) is 3.23. The molecule has 5 rings (SSSR count). The first-order chi connectivity index (χ1) is 19.7. The Morgan fingerprint density at radius 2 is 1.71 bits per heavy atom. The van der Waals surface area contributed by atoms with Crippen LogP contribution in [0.25, 0.3) is 0 Å². The van der Waals surface area contributed by atoms with Crippen molar-refractivity contribution < 1.29 is 46.2 Å². The summed E-state index contributed by atoms with van der Waals surface area (Å²) in [5.41, 5.74) is -2.27. The molecule has 0 saturated heterocycles. The maximum Gasteiger partial charge on any atom is 0.416 e. The summed E-state index contributed by atoms with van der Waals surface area (Å²) in [7, 11) is 0. The van der Waals surface area contributed by atoms with Gasteiger partial charge in [0.2, 0.25) is 5.91 Å². The zero-order chi connectivity index (χ0) is 30.5. The summed E-state index contributed by atoms with van der Waals surface area (Å²) in [5, 5.41) is 16.8. The number of halogens is 6. The second kappa shape index (κ2) is 10.7. The summed E-state index contributed by atoms with van der Waals surface area (Å²) >= 11 is 6.29. The number of nitrogens with zero attached hydrogens (tertiary/aromatic N) is 1. The molecule has 2 heterocycles. The normalized spacial score (nSPS) is 19.8. The molecule has 0 bridgehead atoms. The van der Waals surface area contributed by atoms with E-state index in [-0.39, 0.29) is 46.6 Å². The van der Waals surface area contributed by atoms with Crippen molar-refractivity contribution in [2.45, 2.75) is 37.6 Å². The molecule has 0 radical (unpaired) electrons. The number of nitrogens with one attached hydrogen (secondary N) is 3. The van der Waals surface area contributed by atoms with Gasteiger partial charge >= 0.3 is 12.1 Å². The van der Waals surface area contributed by atoms with E-state index in [1.165, 1.54) is 16.7 Å². The standard InChI is InChI=1S/C27H20ClF5N4O5/c28-18-2-1-14(29)8-17(18)22-23-19(35-24(39)11-3-13(27(31,32)33)7-15(30)4-11)9-20(37(23)10-21(38)36-22)25(40)34-16-5-12(6-16)26(41)42/h1-4,7-9,12,16,22H,5-6,10H2,(H,34,40)(H,35,39)(H,36,38)(H,41,42). The third kappa shape index (κ3) is 5.66. The number of hydrogen-bond acceptors (Lipinski definition) is 4. The molecule has 42 heavy (non-hydrogen) atoms. The molecule has 1 saturated carbocycles. The lowest BCUT2D eigenvalue weighted by atomic mass is 9.80. The second-order valence-corrected chi connectivity index (χ2v) is 10.3. The van der Waals surface area contributed by atoms with Crippen LogP contribution in [0.3, 0.4) is 0 Å². The number of anilines is 1. The smallest absolute Gasteiger partial charge is 0.416 e. The van der Waals surface area contributed by atoms with Gasteiger partial charge in [0.25, 0.3) is 11.8 Å². The molecule has 4 N–H and O–H groups in total. The lowest BCUT2D eigenvalue weighted by Gasteiger charge is -2.33. The fraction of sp³-hybridized carbons (Fsp3) is 0.259. The predicted octanol–water partition coefficient (Wildman–Crippen LogP) is 4.50. The maximum absolute atomic E-state index is 14.2. The van der Waals surface area contributed by atoms with Crippen molar-refractivity contribution in [1.82, 2.24) is 15.2 Å². The number of aliphatic carboxylic acids is 1. The molecule has 2 aromatic carbocycles. The molecule has 1 aliphatic carbocycles. The van der Waals surface area contributed by atoms with Crippen molar-refractivity contribution in [3.63, 3.8) is 0 Å². The zero-order valence-electron chi connectivity index (χ0n) is 21.2. The van der Waals surface area contributed by atoms with Gasteiger partial charge in [0, 0.05) is 22.2 Å². The topological polar surface area (TPSA) is 130 Å². The largest absolute Gasteiger partial charge is 0.481 e. The first-order valence-electron chi connectivity index (χ1n) is 12.4. The Hall–Kier alpha value is -4.46. The van der Waals surface area contributed by atoms with E-state index in [0.717, 1.165) is 12.1 Å². The van der Waals surface area contributed by atoms with Crippen LogP contribution in [0.5, 0.6) is 0 Å². The molecule has 1 atom stereocenters. The van der Waals surface area contributed by atoms with Gasteiger partial charge in [0.1, 0.15) is 23.9 Å². The summed E-state index contributed by atoms with van der Waals surface area (Å²) in [6.07, 6.45) is -4.61. The van der Waals surface area contributed by atoms with E-state index in [4.69, 9.17) is 16.7 Å². The van der Waals surface area contributed by atoms with E-state index in [1.807, 2.05) is 0 Å². The Kier molecular flexibility index (Phi) is 7.43. The van der Waals surface area contributed by atoms with E-state index in [0.29, 0.717) is 12.1 Å². The lowest BCUT2D eigenvalue weighted by molar-refractivity contribution is -0.145. The molecular weight excluding hydrogens is 591 g/mol. The Labute approximate surface area is 238 Å². The van der Waals surface area contributed by atoms with Crippen LogP contribution in [0.4, 0.5) is 27.6 Å². The van der Waals surface area contributed by atoms with Gasteiger partial charge < -0.3 is 25.6 Å². The Bertz CT molecular complexity index is 1630. The minimum absolute atomic E-state index is 0.0220. The molecule has 0 spiro atoms. The van der Waals surface area contributed by atoms with Crippen molar-refractivity contribution in [3.05, 3.63) is 87.2 Å². The number of rotatable bonds is 6. The van der Waals surface area contributed by atoms with Gasteiger partial charge in [-0.1, -0.05) is 11.6 Å². The molecule has 1 unspecified atom stereocenters. The summed E-state index contributed by atoms with van der Waals surface area (Å²) in [6.45, 7) is -0.433. The molecule has 2 aliphatic rings. The van der Waals surface area contributed by atoms with Crippen LogP contribution in [0.1, 0.15) is 56.6 Å². The molecular formula is C27H20ClF5N4O5. The fourth-order valence-corrected chi connectivity index (χ4v) is 5.22. The molecule has 1 aliphatic heterocycles. The highest BCUT2D eigenvalue weighted by molar-refractivity contribution is 6.31. The highest BCUT2D eigenvalue weighted by Gasteiger charge is 2.38. The minimum atomic E-state index is -4.94. The van der Waals surface area contributed by atoms with Gasteiger partial charge in [-0.25, -0.2) is 8.78 Å². The van der Waals surface area contributed by atoms with E-state index in [9.17, 15) is 41.1 Å². The first-order valence-corrected chi connectivity index (χ1v) is 12.8. The SMILES string of the molecule is O=C1Cn2c(C(=O)NC3CC(C(=O)O)C3)cc(NC(=O)c3cc(F)cc(C(F)(F)F)c3)c2C(c2cc(F)ccc2Cl)N1. The number of hydrogen-bond donors (Lipinski definition) is 4. The van der Waals surface area contributed by atoms with Crippen LogP contribution < -0.4 is 16.0 Å². The summed E-state index contributed by atoms with van der Waals surface area (Å²) in [6, 6.07) is 4.07. The Balaban J connectivity index is 1.56. The van der Waals surface area contributed by atoms with Crippen LogP contribution in [0.15, 0.2) is 42.5 Å². The van der Waals surface area contributed by atoms with Crippen molar-refractivity contribution >= 4 is 41.0 Å². The first kappa shape index (κ1) is 29.0. The quantitative estimate of drug-likeness (QED) is 0.306. The number of benzene rings is 2. The van der Waals surface area contributed by atoms with Gasteiger partial charge in [-0.2, -0.15) is 13.2 Å². The number of aromatic nitrogens is 1.